The van der Waals surface area contributed by atoms with Crippen LogP contribution in [-0.4, -0.2) is 14.5 Å². The predicted octanol–water partition coefficient (Wildman–Crippen LogP) is 1.44. The Kier molecular flexibility index (Phi) is 3.94. The molecular weight excluding hydrogens is 228 g/mol. The van der Waals surface area contributed by atoms with Crippen LogP contribution in [0.1, 0.15) is 31.1 Å². The van der Waals surface area contributed by atoms with Crippen LogP contribution in [0.5, 0.6) is 0 Å². The van der Waals surface area contributed by atoms with Gasteiger partial charge in [-0.1, -0.05) is 0 Å². The number of aromatic nitrogens is 3. The Bertz CT molecular complexity index is 542. The van der Waals surface area contributed by atoms with E-state index in [9.17, 15) is 4.79 Å². The van der Waals surface area contributed by atoms with E-state index >= 15 is 0 Å². The lowest BCUT2D eigenvalue weighted by molar-refractivity contribution is 0.579. The first kappa shape index (κ1) is 12.6. The zero-order chi connectivity index (χ0) is 13.0. The maximum atomic E-state index is 11.6. The molecule has 0 amide bonds. The summed E-state index contributed by atoms with van der Waals surface area (Å²) in [5.41, 5.74) is 2.03. The first-order valence-corrected chi connectivity index (χ1v) is 6.06. The second kappa shape index (κ2) is 5.64. The van der Waals surface area contributed by atoms with Crippen molar-refractivity contribution in [1.82, 2.24) is 19.9 Å². The predicted molar refractivity (Wildman–Crippen MR) is 70.2 cm³/mol. The average Bonchev–Trinajstić information content (AvgIpc) is 2.72. The number of imidazole rings is 1. The minimum absolute atomic E-state index is 0.0503. The van der Waals surface area contributed by atoms with E-state index in [-0.39, 0.29) is 11.7 Å². The van der Waals surface area contributed by atoms with Gasteiger partial charge in [0.05, 0.1) is 0 Å². The molecular formula is C13H18N4O. The van der Waals surface area contributed by atoms with Gasteiger partial charge in [0, 0.05) is 43.4 Å². The Balaban J connectivity index is 1.91. The van der Waals surface area contributed by atoms with Crippen LogP contribution >= 0.6 is 0 Å². The fourth-order valence-corrected chi connectivity index (χ4v) is 1.78. The van der Waals surface area contributed by atoms with Crippen molar-refractivity contribution in [2.45, 2.75) is 33.0 Å². The molecule has 0 unspecified atom stereocenters. The van der Waals surface area contributed by atoms with Crippen molar-refractivity contribution in [3.05, 3.63) is 52.5 Å². The molecule has 2 aromatic rings. The van der Waals surface area contributed by atoms with E-state index in [0.29, 0.717) is 6.54 Å². The van der Waals surface area contributed by atoms with Crippen LogP contribution in [0.3, 0.4) is 0 Å². The van der Waals surface area contributed by atoms with Gasteiger partial charge in [-0.05, 0) is 31.5 Å². The molecule has 0 aliphatic heterocycles. The number of H-pyrrole nitrogens is 1. The SMILES string of the molecule is CC(C)n1cc(CNCc2ccncc2)[nH]c1=O. The van der Waals surface area contributed by atoms with Crippen LogP contribution in [0.2, 0.25) is 0 Å². The van der Waals surface area contributed by atoms with E-state index < -0.39 is 0 Å². The fourth-order valence-electron chi connectivity index (χ4n) is 1.78. The average molecular weight is 246 g/mol. The van der Waals surface area contributed by atoms with Crippen LogP contribution in [0.15, 0.2) is 35.5 Å². The third-order valence-corrected chi connectivity index (χ3v) is 2.75. The van der Waals surface area contributed by atoms with Crippen molar-refractivity contribution < 1.29 is 0 Å². The van der Waals surface area contributed by atoms with Gasteiger partial charge in [-0.3, -0.25) is 9.55 Å². The molecule has 2 heterocycles. The zero-order valence-corrected chi connectivity index (χ0v) is 10.7. The smallest absolute Gasteiger partial charge is 0.309 e. The third kappa shape index (κ3) is 3.07. The van der Waals surface area contributed by atoms with Gasteiger partial charge >= 0.3 is 5.69 Å². The van der Waals surface area contributed by atoms with Gasteiger partial charge in [0.15, 0.2) is 0 Å². The second-order valence-electron chi connectivity index (χ2n) is 4.54. The first-order valence-electron chi connectivity index (χ1n) is 6.06. The van der Waals surface area contributed by atoms with E-state index in [4.69, 9.17) is 0 Å². The van der Waals surface area contributed by atoms with Gasteiger partial charge in [0.1, 0.15) is 0 Å². The third-order valence-electron chi connectivity index (χ3n) is 2.75. The van der Waals surface area contributed by atoms with Crippen LogP contribution < -0.4 is 11.0 Å². The van der Waals surface area contributed by atoms with Crippen LogP contribution in [0.25, 0.3) is 0 Å². The van der Waals surface area contributed by atoms with Gasteiger partial charge < -0.3 is 10.3 Å². The fraction of sp³-hybridized carbons (Fsp3) is 0.385. The van der Waals surface area contributed by atoms with E-state index in [0.717, 1.165) is 12.2 Å². The van der Waals surface area contributed by atoms with E-state index in [1.807, 2.05) is 32.2 Å². The minimum Gasteiger partial charge on any atom is -0.309 e. The lowest BCUT2D eigenvalue weighted by Gasteiger charge is -2.04. The summed E-state index contributed by atoms with van der Waals surface area (Å²) in [5, 5.41) is 3.29. The summed E-state index contributed by atoms with van der Waals surface area (Å²) in [6, 6.07) is 4.12. The molecule has 0 saturated carbocycles. The summed E-state index contributed by atoms with van der Waals surface area (Å²) in [4.78, 5) is 18.4. The van der Waals surface area contributed by atoms with Gasteiger partial charge in [-0.25, -0.2) is 4.79 Å². The molecule has 0 aliphatic rings. The van der Waals surface area contributed by atoms with Crippen molar-refractivity contribution in [3.63, 3.8) is 0 Å². The first-order chi connectivity index (χ1) is 8.66. The Morgan fingerprint density at radius 3 is 2.67 bits per heavy atom. The summed E-state index contributed by atoms with van der Waals surface area (Å²) in [7, 11) is 0. The molecule has 0 aliphatic carbocycles. The van der Waals surface area contributed by atoms with Gasteiger partial charge in [-0.2, -0.15) is 0 Å². The van der Waals surface area contributed by atoms with Crippen molar-refractivity contribution in [2.24, 2.45) is 0 Å². The molecule has 2 aromatic heterocycles. The summed E-state index contributed by atoms with van der Waals surface area (Å²) < 4.78 is 1.70. The second-order valence-corrected chi connectivity index (χ2v) is 4.54. The molecule has 0 aromatic carbocycles. The number of nitrogens with zero attached hydrogens (tertiary/aromatic N) is 2. The number of aromatic amines is 1. The van der Waals surface area contributed by atoms with Crippen LogP contribution in [0, 0.1) is 0 Å². The number of rotatable bonds is 5. The maximum absolute atomic E-state index is 11.6. The Morgan fingerprint density at radius 1 is 1.33 bits per heavy atom. The summed E-state index contributed by atoms with van der Waals surface area (Å²) in [6.45, 7) is 5.39. The van der Waals surface area contributed by atoms with Gasteiger partial charge in [0.2, 0.25) is 0 Å². The summed E-state index contributed by atoms with van der Waals surface area (Å²) in [5.74, 6) is 0. The Labute approximate surface area is 106 Å². The topological polar surface area (TPSA) is 62.7 Å². The number of hydrogen-bond donors (Lipinski definition) is 2. The molecule has 0 atom stereocenters. The molecule has 18 heavy (non-hydrogen) atoms. The van der Waals surface area contributed by atoms with E-state index in [1.54, 1.807) is 17.0 Å². The van der Waals surface area contributed by atoms with Crippen molar-refractivity contribution in [2.75, 3.05) is 0 Å². The van der Waals surface area contributed by atoms with E-state index in [2.05, 4.69) is 15.3 Å². The highest BCUT2D eigenvalue weighted by atomic mass is 16.1. The molecule has 5 heteroatoms. The number of hydrogen-bond acceptors (Lipinski definition) is 3. The monoisotopic (exact) mass is 246 g/mol. The van der Waals surface area contributed by atoms with Gasteiger partial charge in [-0.15, -0.1) is 0 Å². The Morgan fingerprint density at radius 2 is 2.06 bits per heavy atom. The highest BCUT2D eigenvalue weighted by molar-refractivity contribution is 5.09. The van der Waals surface area contributed by atoms with Crippen LogP contribution in [-0.2, 0) is 13.1 Å². The largest absolute Gasteiger partial charge is 0.325 e. The number of nitrogens with one attached hydrogen (secondary N) is 2. The molecule has 0 saturated heterocycles. The van der Waals surface area contributed by atoms with E-state index in [1.165, 1.54) is 5.56 Å². The van der Waals surface area contributed by atoms with Crippen molar-refractivity contribution in [1.29, 1.82) is 0 Å². The van der Waals surface area contributed by atoms with Gasteiger partial charge in [0.25, 0.3) is 0 Å². The number of pyridine rings is 1. The molecule has 96 valence electrons. The molecule has 0 fully saturated rings. The minimum atomic E-state index is -0.0503. The van der Waals surface area contributed by atoms with Crippen LogP contribution in [0.4, 0.5) is 0 Å². The highest BCUT2D eigenvalue weighted by Crippen LogP contribution is 2.02. The Hall–Kier alpha value is -1.88. The zero-order valence-electron chi connectivity index (χ0n) is 10.7. The molecule has 2 rings (SSSR count). The summed E-state index contributed by atoms with van der Waals surface area (Å²) in [6.07, 6.45) is 5.41. The molecule has 2 N–H and O–H groups in total. The lowest BCUT2D eigenvalue weighted by Crippen LogP contribution is -2.18. The summed E-state index contributed by atoms with van der Waals surface area (Å²) >= 11 is 0. The molecule has 0 bridgehead atoms. The van der Waals surface area contributed by atoms with Crippen molar-refractivity contribution in [3.8, 4) is 0 Å². The molecule has 5 nitrogen and oxygen atoms in total. The maximum Gasteiger partial charge on any atom is 0.325 e. The lowest BCUT2D eigenvalue weighted by atomic mass is 10.3. The standard InChI is InChI=1S/C13H18N4O/c1-10(2)17-9-12(16-13(17)18)8-15-7-11-3-5-14-6-4-11/h3-6,9-10,15H,7-8H2,1-2H3,(H,16,18). The van der Waals surface area contributed by atoms with Crippen molar-refractivity contribution >= 4 is 0 Å². The normalized spacial score (nSPS) is 11.1. The highest BCUT2D eigenvalue weighted by Gasteiger charge is 2.05. The molecule has 0 radical (unpaired) electrons. The molecule has 0 spiro atoms. The quantitative estimate of drug-likeness (QED) is 0.839.